The highest BCUT2D eigenvalue weighted by atomic mass is 79.9. The maximum atomic E-state index is 11.4. The van der Waals surface area contributed by atoms with E-state index in [0.29, 0.717) is 4.88 Å². The topological polar surface area (TPSA) is 58.2 Å². The molecule has 0 aliphatic heterocycles. The van der Waals surface area contributed by atoms with Gasteiger partial charge in [0.05, 0.1) is 8.66 Å². The first kappa shape index (κ1) is 11.2. The quantitative estimate of drug-likeness (QED) is 0.766. The molecule has 0 atom stereocenters. The lowest BCUT2D eigenvalue weighted by Gasteiger charge is -2.01. The van der Waals surface area contributed by atoms with Crippen LogP contribution < -0.4 is 10.9 Å². The summed E-state index contributed by atoms with van der Waals surface area (Å²) in [5, 5.41) is 0. The fourth-order valence-electron chi connectivity index (χ4n) is 0.778. The SMILES string of the molecule is CC(=O)NNC(=O)c1cc(C)c(Br)s1. The minimum absolute atomic E-state index is 0.300. The summed E-state index contributed by atoms with van der Waals surface area (Å²) in [6.45, 7) is 3.23. The maximum absolute atomic E-state index is 11.4. The molecule has 0 unspecified atom stereocenters. The third-order valence-corrected chi connectivity index (χ3v) is 3.57. The molecular formula is C8H9BrN2O2S. The molecule has 2 N–H and O–H groups in total. The van der Waals surface area contributed by atoms with Gasteiger partial charge < -0.3 is 0 Å². The van der Waals surface area contributed by atoms with Crippen LogP contribution in [0.3, 0.4) is 0 Å². The number of carbonyl (C=O) groups excluding carboxylic acids is 2. The van der Waals surface area contributed by atoms with Crippen molar-refractivity contribution in [1.82, 2.24) is 10.9 Å². The molecule has 14 heavy (non-hydrogen) atoms. The molecule has 6 heteroatoms. The Balaban J connectivity index is 2.65. The number of rotatable bonds is 1. The van der Waals surface area contributed by atoms with Gasteiger partial charge in [-0.2, -0.15) is 0 Å². The number of nitrogens with one attached hydrogen (secondary N) is 2. The number of hydrogen-bond acceptors (Lipinski definition) is 3. The van der Waals surface area contributed by atoms with Crippen LogP contribution >= 0.6 is 27.3 Å². The van der Waals surface area contributed by atoms with Crippen LogP contribution in [0.4, 0.5) is 0 Å². The molecule has 0 saturated carbocycles. The number of aryl methyl sites for hydroxylation is 1. The van der Waals surface area contributed by atoms with E-state index in [9.17, 15) is 9.59 Å². The normalized spacial score (nSPS) is 9.64. The summed E-state index contributed by atoms with van der Waals surface area (Å²) >= 11 is 4.64. The van der Waals surface area contributed by atoms with Gasteiger partial charge in [0.15, 0.2) is 0 Å². The Morgan fingerprint density at radius 1 is 1.43 bits per heavy atom. The van der Waals surface area contributed by atoms with Crippen LogP contribution in [0.1, 0.15) is 22.2 Å². The predicted octanol–water partition coefficient (Wildman–Crippen LogP) is 1.60. The molecular weight excluding hydrogens is 268 g/mol. The van der Waals surface area contributed by atoms with Crippen LogP contribution in [0.2, 0.25) is 0 Å². The summed E-state index contributed by atoms with van der Waals surface area (Å²) in [6, 6.07) is 1.76. The van der Waals surface area contributed by atoms with Crippen LogP contribution in [0, 0.1) is 6.92 Å². The van der Waals surface area contributed by atoms with Gasteiger partial charge >= 0.3 is 0 Å². The van der Waals surface area contributed by atoms with Crippen LogP contribution in [0.15, 0.2) is 9.85 Å². The fraction of sp³-hybridized carbons (Fsp3) is 0.250. The summed E-state index contributed by atoms with van der Waals surface area (Å²) in [6.07, 6.45) is 0. The Labute approximate surface area is 93.8 Å². The Morgan fingerprint density at radius 2 is 2.07 bits per heavy atom. The smallest absolute Gasteiger partial charge is 0.274 e. The van der Waals surface area contributed by atoms with Gasteiger partial charge in [-0.05, 0) is 34.5 Å². The molecule has 0 spiro atoms. The lowest BCUT2D eigenvalue weighted by atomic mass is 10.3. The Morgan fingerprint density at radius 3 is 2.50 bits per heavy atom. The molecule has 2 amide bonds. The monoisotopic (exact) mass is 276 g/mol. The van der Waals surface area contributed by atoms with E-state index >= 15 is 0 Å². The Hall–Kier alpha value is -0.880. The van der Waals surface area contributed by atoms with E-state index in [1.807, 2.05) is 6.92 Å². The molecule has 1 rings (SSSR count). The Kier molecular flexibility index (Phi) is 3.65. The van der Waals surface area contributed by atoms with Crippen molar-refractivity contribution in [2.75, 3.05) is 0 Å². The van der Waals surface area contributed by atoms with E-state index in [1.165, 1.54) is 18.3 Å². The van der Waals surface area contributed by atoms with Crippen molar-refractivity contribution < 1.29 is 9.59 Å². The van der Waals surface area contributed by atoms with Gasteiger partial charge in [0.1, 0.15) is 0 Å². The predicted molar refractivity (Wildman–Crippen MR) is 58.0 cm³/mol. The fourth-order valence-corrected chi connectivity index (χ4v) is 2.21. The molecule has 0 saturated heterocycles. The van der Waals surface area contributed by atoms with Gasteiger partial charge in [0, 0.05) is 6.92 Å². The summed E-state index contributed by atoms with van der Waals surface area (Å²) in [5.41, 5.74) is 5.52. The highest BCUT2D eigenvalue weighted by Gasteiger charge is 2.10. The molecule has 0 bridgehead atoms. The molecule has 0 radical (unpaired) electrons. The van der Waals surface area contributed by atoms with Crippen molar-refractivity contribution in [1.29, 1.82) is 0 Å². The number of carbonyl (C=O) groups is 2. The molecule has 0 aliphatic rings. The van der Waals surface area contributed by atoms with Gasteiger partial charge in [0.2, 0.25) is 5.91 Å². The second-order valence-corrected chi connectivity index (χ2v) is 5.07. The van der Waals surface area contributed by atoms with Gasteiger partial charge in [-0.15, -0.1) is 11.3 Å². The first-order chi connectivity index (χ1) is 6.50. The average molecular weight is 277 g/mol. The highest BCUT2D eigenvalue weighted by Crippen LogP contribution is 2.26. The van der Waals surface area contributed by atoms with Crippen molar-refractivity contribution >= 4 is 39.1 Å². The van der Waals surface area contributed by atoms with E-state index in [2.05, 4.69) is 26.8 Å². The number of amides is 2. The lowest BCUT2D eigenvalue weighted by molar-refractivity contribution is -0.119. The molecule has 76 valence electrons. The second-order valence-electron chi connectivity index (χ2n) is 2.70. The largest absolute Gasteiger partial charge is 0.279 e. The lowest BCUT2D eigenvalue weighted by Crippen LogP contribution is -2.39. The van der Waals surface area contributed by atoms with Gasteiger partial charge in [-0.1, -0.05) is 0 Å². The van der Waals surface area contributed by atoms with E-state index in [1.54, 1.807) is 6.07 Å². The van der Waals surface area contributed by atoms with Crippen molar-refractivity contribution in [3.05, 3.63) is 20.3 Å². The van der Waals surface area contributed by atoms with E-state index in [4.69, 9.17) is 0 Å². The first-order valence-electron chi connectivity index (χ1n) is 3.83. The zero-order valence-electron chi connectivity index (χ0n) is 7.68. The zero-order valence-corrected chi connectivity index (χ0v) is 10.1. The third-order valence-electron chi connectivity index (χ3n) is 1.43. The summed E-state index contributed by atoms with van der Waals surface area (Å²) < 4.78 is 0.922. The van der Waals surface area contributed by atoms with E-state index < -0.39 is 0 Å². The van der Waals surface area contributed by atoms with Crippen LogP contribution in [-0.4, -0.2) is 11.8 Å². The standard InChI is InChI=1S/C8H9BrN2O2S/c1-4-3-6(14-7(4)9)8(13)11-10-5(2)12/h3H,1-2H3,(H,10,12)(H,11,13). The summed E-state index contributed by atoms with van der Waals surface area (Å²) in [4.78, 5) is 22.5. The summed E-state index contributed by atoms with van der Waals surface area (Å²) in [5.74, 6) is -0.607. The number of hydrazine groups is 1. The molecule has 4 nitrogen and oxygen atoms in total. The van der Waals surface area contributed by atoms with Crippen molar-refractivity contribution in [3.63, 3.8) is 0 Å². The minimum atomic E-state index is -0.306. The van der Waals surface area contributed by atoms with Gasteiger partial charge in [-0.25, -0.2) is 0 Å². The molecule has 0 fully saturated rings. The van der Waals surface area contributed by atoms with E-state index in [0.717, 1.165) is 9.35 Å². The van der Waals surface area contributed by atoms with Gasteiger partial charge in [0.25, 0.3) is 5.91 Å². The van der Waals surface area contributed by atoms with Gasteiger partial charge in [-0.3, -0.25) is 20.4 Å². The minimum Gasteiger partial charge on any atom is -0.274 e. The molecule has 0 aliphatic carbocycles. The van der Waals surface area contributed by atoms with E-state index in [-0.39, 0.29) is 11.8 Å². The van der Waals surface area contributed by atoms with Crippen LogP contribution in [-0.2, 0) is 4.79 Å². The average Bonchev–Trinajstić information content (AvgIpc) is 2.43. The van der Waals surface area contributed by atoms with Crippen LogP contribution in [0.5, 0.6) is 0 Å². The number of halogens is 1. The molecule has 1 aromatic heterocycles. The molecule has 0 aromatic carbocycles. The Bertz CT molecular complexity index is 356. The highest BCUT2D eigenvalue weighted by molar-refractivity contribution is 9.11. The maximum Gasteiger partial charge on any atom is 0.279 e. The zero-order chi connectivity index (χ0) is 10.7. The van der Waals surface area contributed by atoms with Crippen LogP contribution in [0.25, 0.3) is 0 Å². The van der Waals surface area contributed by atoms with Crippen molar-refractivity contribution in [2.24, 2.45) is 0 Å². The molecule has 1 aromatic rings. The molecule has 1 heterocycles. The number of thiophene rings is 1. The third kappa shape index (κ3) is 2.81. The first-order valence-corrected chi connectivity index (χ1v) is 5.44. The van der Waals surface area contributed by atoms with Crippen molar-refractivity contribution in [3.8, 4) is 0 Å². The van der Waals surface area contributed by atoms with Crippen molar-refractivity contribution in [2.45, 2.75) is 13.8 Å². The second kappa shape index (κ2) is 4.56. The summed E-state index contributed by atoms with van der Waals surface area (Å²) in [7, 11) is 0. The number of hydrogen-bond donors (Lipinski definition) is 2.